The summed E-state index contributed by atoms with van der Waals surface area (Å²) in [7, 11) is 0. The molecule has 3 fully saturated rings. The van der Waals surface area contributed by atoms with Crippen molar-refractivity contribution in [2.75, 3.05) is 32.8 Å². The Labute approximate surface area is 130 Å². The maximum atomic E-state index is 12.5. The van der Waals surface area contributed by atoms with Crippen LogP contribution < -0.4 is 0 Å². The molecule has 0 spiro atoms. The molecule has 4 heterocycles. The maximum absolute atomic E-state index is 12.5. The number of ether oxygens (including phenoxy) is 1. The van der Waals surface area contributed by atoms with Gasteiger partial charge in [-0.1, -0.05) is 0 Å². The lowest BCUT2D eigenvalue weighted by atomic mass is 9.92. The summed E-state index contributed by atoms with van der Waals surface area (Å²) in [4.78, 5) is 24.4. The van der Waals surface area contributed by atoms with Gasteiger partial charge in [0.25, 0.3) is 5.91 Å². The molecule has 22 heavy (non-hydrogen) atoms. The largest absolute Gasteiger partial charge is 0.376 e. The molecule has 3 atom stereocenters. The third-order valence-corrected chi connectivity index (χ3v) is 4.86. The minimum Gasteiger partial charge on any atom is -0.376 e. The second-order valence-corrected chi connectivity index (χ2v) is 6.32. The minimum absolute atomic E-state index is 0.0504. The molecule has 6 heteroatoms. The Hall–Kier alpha value is -1.50. The number of hydrogen-bond donors (Lipinski definition) is 0. The molecular weight excluding hydrogens is 282 g/mol. The van der Waals surface area contributed by atoms with Crippen LogP contribution >= 0.6 is 0 Å². The van der Waals surface area contributed by atoms with E-state index in [0.29, 0.717) is 25.7 Å². The van der Waals surface area contributed by atoms with Crippen LogP contribution in [0.1, 0.15) is 12.0 Å². The zero-order valence-electron chi connectivity index (χ0n) is 12.6. The molecule has 0 aliphatic carbocycles. The highest BCUT2D eigenvalue weighted by Gasteiger charge is 2.48. The van der Waals surface area contributed by atoms with Crippen LogP contribution in [0.15, 0.2) is 24.5 Å². The van der Waals surface area contributed by atoms with Gasteiger partial charge in [0.05, 0.1) is 31.8 Å². The molecule has 3 aliphatic heterocycles. The number of pyridine rings is 1. The van der Waals surface area contributed by atoms with Gasteiger partial charge < -0.3 is 4.74 Å². The Morgan fingerprint density at radius 2 is 2.18 bits per heavy atom. The highest BCUT2D eigenvalue weighted by molar-refractivity contribution is 5.79. The number of hydrogen-bond acceptors (Lipinski definition) is 5. The minimum atomic E-state index is -0.0504. The number of carbonyl (C=O) groups excluding carboxylic acids is 1. The molecule has 0 aromatic carbocycles. The lowest BCUT2D eigenvalue weighted by molar-refractivity contribution is -0.174. The van der Waals surface area contributed by atoms with E-state index in [1.54, 1.807) is 5.06 Å². The summed E-state index contributed by atoms with van der Waals surface area (Å²) in [5.41, 5.74) is 1.25. The summed E-state index contributed by atoms with van der Waals surface area (Å²) in [6.45, 7) is 4.61. The van der Waals surface area contributed by atoms with E-state index in [-0.39, 0.29) is 17.9 Å². The summed E-state index contributed by atoms with van der Waals surface area (Å²) in [6.07, 6.45) is 4.75. The predicted molar refractivity (Wildman–Crippen MR) is 78.5 cm³/mol. The number of nitrogens with zero attached hydrogens (tertiary/aromatic N) is 3. The van der Waals surface area contributed by atoms with Crippen molar-refractivity contribution in [2.45, 2.75) is 19.1 Å². The lowest BCUT2D eigenvalue weighted by Crippen LogP contribution is -2.38. The molecule has 6 nitrogen and oxygen atoms in total. The fourth-order valence-electron chi connectivity index (χ4n) is 3.73. The maximum Gasteiger partial charge on any atom is 0.251 e. The number of amides is 1. The predicted octanol–water partition coefficient (Wildman–Crippen LogP) is 0.692. The van der Waals surface area contributed by atoms with Crippen LogP contribution in [0, 0.1) is 11.8 Å². The van der Waals surface area contributed by atoms with Gasteiger partial charge in [-0.25, -0.2) is 5.06 Å². The number of fused-ring (bicyclic) bond motifs is 1. The summed E-state index contributed by atoms with van der Waals surface area (Å²) >= 11 is 0. The third kappa shape index (κ3) is 2.62. The van der Waals surface area contributed by atoms with E-state index < -0.39 is 0 Å². The summed E-state index contributed by atoms with van der Waals surface area (Å²) in [5, 5.41) is 1.54. The van der Waals surface area contributed by atoms with E-state index in [4.69, 9.17) is 9.57 Å². The summed E-state index contributed by atoms with van der Waals surface area (Å²) in [6, 6.07) is 4.07. The van der Waals surface area contributed by atoms with Crippen molar-refractivity contribution in [3.8, 4) is 0 Å². The molecule has 118 valence electrons. The summed E-state index contributed by atoms with van der Waals surface area (Å²) in [5.74, 6) is 0.347. The van der Waals surface area contributed by atoms with Gasteiger partial charge in [0.2, 0.25) is 0 Å². The van der Waals surface area contributed by atoms with Crippen LogP contribution in [-0.2, 0) is 20.9 Å². The van der Waals surface area contributed by atoms with Crippen LogP contribution in [0.25, 0.3) is 0 Å². The first kappa shape index (κ1) is 14.1. The van der Waals surface area contributed by atoms with E-state index >= 15 is 0 Å². The molecule has 1 aromatic heterocycles. The van der Waals surface area contributed by atoms with Crippen molar-refractivity contribution >= 4 is 5.91 Å². The molecule has 1 amide bonds. The first-order valence-electron chi connectivity index (χ1n) is 7.98. The number of carbonyl (C=O) groups is 1. The smallest absolute Gasteiger partial charge is 0.251 e. The van der Waals surface area contributed by atoms with E-state index in [2.05, 4.69) is 9.88 Å². The summed E-state index contributed by atoms with van der Waals surface area (Å²) < 4.78 is 5.88. The number of likely N-dealkylation sites (tertiary alicyclic amines) is 1. The Bertz CT molecular complexity index is 533. The number of hydroxylamine groups is 2. The van der Waals surface area contributed by atoms with Crippen molar-refractivity contribution in [1.82, 2.24) is 14.9 Å². The first-order chi connectivity index (χ1) is 10.8. The van der Waals surface area contributed by atoms with Gasteiger partial charge in [0.1, 0.15) is 0 Å². The topological polar surface area (TPSA) is 54.9 Å². The molecule has 4 rings (SSSR count). The Kier molecular flexibility index (Phi) is 3.82. The number of aromatic nitrogens is 1. The Morgan fingerprint density at radius 1 is 1.32 bits per heavy atom. The van der Waals surface area contributed by atoms with Gasteiger partial charge in [-0.05, 0) is 24.1 Å². The standard InChI is InChI=1S/C16H21N3O3/c20-16(19-6-1-7-22-19)14-11-21-15-10-18(9-13(14)15)8-12-2-4-17-5-3-12/h2-5,13-15H,1,6-11H2/t13-,14+,15-/m1/s1. The molecular formula is C16H21N3O3. The Morgan fingerprint density at radius 3 is 2.95 bits per heavy atom. The quantitative estimate of drug-likeness (QED) is 0.822. The van der Waals surface area contributed by atoms with Gasteiger partial charge in [0, 0.05) is 37.9 Å². The zero-order chi connectivity index (χ0) is 14.9. The van der Waals surface area contributed by atoms with Gasteiger partial charge in [0.15, 0.2) is 0 Å². The van der Waals surface area contributed by atoms with Gasteiger partial charge >= 0.3 is 0 Å². The second-order valence-electron chi connectivity index (χ2n) is 6.32. The molecule has 0 unspecified atom stereocenters. The fraction of sp³-hybridized carbons (Fsp3) is 0.625. The van der Waals surface area contributed by atoms with Gasteiger partial charge in [-0.3, -0.25) is 19.5 Å². The van der Waals surface area contributed by atoms with Crippen LogP contribution in [0.2, 0.25) is 0 Å². The van der Waals surface area contributed by atoms with Gasteiger partial charge in [-0.2, -0.15) is 0 Å². The second kappa shape index (κ2) is 5.95. The first-order valence-corrected chi connectivity index (χ1v) is 7.98. The molecule has 1 aromatic rings. The molecule has 0 bridgehead atoms. The van der Waals surface area contributed by atoms with Crippen molar-refractivity contribution < 1.29 is 14.4 Å². The molecule has 0 N–H and O–H groups in total. The van der Waals surface area contributed by atoms with Crippen LogP contribution in [0.4, 0.5) is 0 Å². The molecule has 0 radical (unpaired) electrons. The monoisotopic (exact) mass is 303 g/mol. The van der Waals surface area contributed by atoms with Crippen LogP contribution in [-0.4, -0.2) is 59.8 Å². The van der Waals surface area contributed by atoms with E-state index in [0.717, 1.165) is 26.1 Å². The highest BCUT2D eigenvalue weighted by Crippen LogP contribution is 2.35. The third-order valence-electron chi connectivity index (χ3n) is 4.86. The number of rotatable bonds is 3. The van der Waals surface area contributed by atoms with Crippen LogP contribution in [0.3, 0.4) is 0 Å². The SMILES string of the molecule is O=C([C@H]1CO[C@@H]2CN(Cc3ccncc3)C[C@H]12)N1CCCO1. The normalized spacial score (nSPS) is 31.6. The van der Waals surface area contributed by atoms with E-state index in [1.165, 1.54) is 5.56 Å². The fourth-order valence-corrected chi connectivity index (χ4v) is 3.73. The van der Waals surface area contributed by atoms with E-state index in [9.17, 15) is 4.79 Å². The van der Waals surface area contributed by atoms with Crippen molar-refractivity contribution in [1.29, 1.82) is 0 Å². The van der Waals surface area contributed by atoms with Crippen molar-refractivity contribution in [2.24, 2.45) is 11.8 Å². The molecule has 3 aliphatic rings. The highest BCUT2D eigenvalue weighted by atomic mass is 16.7. The van der Waals surface area contributed by atoms with Crippen LogP contribution in [0.5, 0.6) is 0 Å². The zero-order valence-corrected chi connectivity index (χ0v) is 12.6. The molecule has 0 saturated carbocycles. The van der Waals surface area contributed by atoms with Crippen molar-refractivity contribution in [3.05, 3.63) is 30.1 Å². The van der Waals surface area contributed by atoms with Crippen molar-refractivity contribution in [3.63, 3.8) is 0 Å². The van der Waals surface area contributed by atoms with Gasteiger partial charge in [-0.15, -0.1) is 0 Å². The van der Waals surface area contributed by atoms with E-state index in [1.807, 2.05) is 24.5 Å². The average molecular weight is 303 g/mol. The molecule has 3 saturated heterocycles. The lowest BCUT2D eigenvalue weighted by Gasteiger charge is -2.22. The average Bonchev–Trinajstić information content (AvgIpc) is 3.24. The Balaban J connectivity index is 1.39.